The first kappa shape index (κ1) is 33.4. The van der Waals surface area contributed by atoms with Crippen LogP contribution < -0.4 is 10.2 Å². The van der Waals surface area contributed by atoms with Gasteiger partial charge in [0.25, 0.3) is 0 Å². The van der Waals surface area contributed by atoms with Crippen molar-refractivity contribution in [3.8, 4) is 11.1 Å². The molecule has 5 rings (SSSR count). The zero-order valence-corrected chi connectivity index (χ0v) is 27.7. The number of pyridine rings is 1. The molecule has 0 radical (unpaired) electrons. The van der Waals surface area contributed by atoms with Crippen molar-refractivity contribution in [1.29, 1.82) is 0 Å². The molecule has 4 aromatic rings. The number of carbonyl (C=O) groups is 3. The van der Waals surface area contributed by atoms with E-state index in [-0.39, 0.29) is 24.1 Å². The fraction of sp³-hybridized carbons (Fsp3) is 0.351. The highest BCUT2D eigenvalue weighted by Gasteiger charge is 2.26. The van der Waals surface area contributed by atoms with Gasteiger partial charge in [-0.2, -0.15) is 0 Å². The molecule has 9 nitrogen and oxygen atoms in total. The summed E-state index contributed by atoms with van der Waals surface area (Å²) in [7, 11) is 0. The zero-order chi connectivity index (χ0) is 33.9. The Hall–Kier alpha value is -4.99. The quantitative estimate of drug-likeness (QED) is 0.214. The number of halogens is 1. The van der Waals surface area contributed by atoms with E-state index < -0.39 is 17.3 Å². The number of hydrogen-bond donors (Lipinski definition) is 1. The number of piperazine rings is 1. The van der Waals surface area contributed by atoms with Crippen LogP contribution in [0.3, 0.4) is 0 Å². The predicted molar refractivity (Wildman–Crippen MR) is 181 cm³/mol. The van der Waals surface area contributed by atoms with Crippen molar-refractivity contribution in [2.24, 2.45) is 0 Å². The second kappa shape index (κ2) is 13.4. The fourth-order valence-electron chi connectivity index (χ4n) is 5.28. The molecule has 2 amide bonds. The molecule has 10 heteroatoms. The van der Waals surface area contributed by atoms with E-state index in [1.54, 1.807) is 49.9 Å². The number of hydrogen-bond acceptors (Lipinski definition) is 7. The van der Waals surface area contributed by atoms with Gasteiger partial charge < -0.3 is 19.3 Å². The number of nitrogens with zero attached hydrogens (tertiary/aromatic N) is 3. The molecule has 1 fully saturated rings. The van der Waals surface area contributed by atoms with Crippen LogP contribution in [0.1, 0.15) is 57.5 Å². The summed E-state index contributed by atoms with van der Waals surface area (Å²) in [5, 5.41) is 3.60. The SMILES string of the molecule is CC(C)(C)OC(=O)Nc1ccc(-c2ccc(F)cc2)cc1CC(=O)c1ccc2nc(N3CCN(C(=O)OC(C)(C)C)CC3)ccc2c1. The van der Waals surface area contributed by atoms with E-state index >= 15 is 0 Å². The first-order valence-corrected chi connectivity index (χ1v) is 15.7. The molecule has 47 heavy (non-hydrogen) atoms. The average Bonchev–Trinajstić information content (AvgIpc) is 3.00. The van der Waals surface area contributed by atoms with Gasteiger partial charge in [-0.3, -0.25) is 10.1 Å². The summed E-state index contributed by atoms with van der Waals surface area (Å²) < 4.78 is 24.5. The van der Waals surface area contributed by atoms with Crippen LogP contribution >= 0.6 is 0 Å². The first-order chi connectivity index (χ1) is 22.1. The summed E-state index contributed by atoms with van der Waals surface area (Å²) in [4.78, 5) is 47.4. The maximum Gasteiger partial charge on any atom is 0.412 e. The second-order valence-corrected chi connectivity index (χ2v) is 13.6. The van der Waals surface area contributed by atoms with Gasteiger partial charge in [-0.1, -0.05) is 18.2 Å². The largest absolute Gasteiger partial charge is 0.444 e. The second-order valence-electron chi connectivity index (χ2n) is 13.6. The monoisotopic (exact) mass is 640 g/mol. The number of anilines is 2. The van der Waals surface area contributed by atoms with Gasteiger partial charge in [0.2, 0.25) is 0 Å². The molecule has 2 heterocycles. The fourth-order valence-corrected chi connectivity index (χ4v) is 5.28. The topological polar surface area (TPSA) is 101 Å². The smallest absolute Gasteiger partial charge is 0.412 e. The number of ketones is 1. The van der Waals surface area contributed by atoms with Gasteiger partial charge in [0, 0.05) is 49.2 Å². The summed E-state index contributed by atoms with van der Waals surface area (Å²) in [5.74, 6) is 0.319. The molecule has 1 aromatic heterocycles. The molecule has 1 aliphatic rings. The minimum Gasteiger partial charge on any atom is -0.444 e. The van der Waals surface area contributed by atoms with Gasteiger partial charge >= 0.3 is 12.2 Å². The van der Waals surface area contributed by atoms with Crippen molar-refractivity contribution in [3.05, 3.63) is 89.7 Å². The number of amides is 2. The molecular weight excluding hydrogens is 599 g/mol. The standard InChI is InChI=1S/C37H41FN4O5/c1-36(2,3)46-34(44)40-31-14-9-25(24-7-12-29(38)13-8-24)21-28(31)23-32(43)27-10-15-30-26(22-27)11-16-33(39-30)41-17-19-42(20-18-41)35(45)47-37(4,5)6/h7-16,21-22H,17-20,23H2,1-6H3,(H,40,44). The Morgan fingerprint density at radius 1 is 0.787 bits per heavy atom. The van der Waals surface area contributed by atoms with E-state index in [0.29, 0.717) is 43.0 Å². The molecule has 246 valence electrons. The molecule has 0 unspecified atom stereocenters. The molecule has 0 bridgehead atoms. The van der Waals surface area contributed by atoms with E-state index in [9.17, 15) is 18.8 Å². The number of rotatable bonds is 6. The van der Waals surface area contributed by atoms with E-state index in [1.807, 2.05) is 57.2 Å². The summed E-state index contributed by atoms with van der Waals surface area (Å²) in [6.07, 6.45) is -0.922. The number of nitrogens with one attached hydrogen (secondary N) is 1. The number of benzene rings is 3. The summed E-state index contributed by atoms with van der Waals surface area (Å²) in [6, 6.07) is 20.7. The van der Waals surface area contributed by atoms with Gasteiger partial charge in [-0.15, -0.1) is 0 Å². The molecule has 1 saturated heterocycles. The molecule has 0 aliphatic carbocycles. The zero-order valence-electron chi connectivity index (χ0n) is 27.7. The van der Waals surface area contributed by atoms with Gasteiger partial charge in [0.1, 0.15) is 22.8 Å². The van der Waals surface area contributed by atoms with Crippen molar-refractivity contribution in [2.45, 2.75) is 59.2 Å². The lowest BCUT2D eigenvalue weighted by atomic mass is 9.96. The first-order valence-electron chi connectivity index (χ1n) is 15.7. The van der Waals surface area contributed by atoms with E-state index in [0.717, 1.165) is 27.8 Å². The number of fused-ring (bicyclic) bond motifs is 1. The van der Waals surface area contributed by atoms with Crippen LogP contribution in [0.5, 0.6) is 0 Å². The Labute approximate surface area is 274 Å². The molecule has 0 saturated carbocycles. The molecule has 0 spiro atoms. The number of ether oxygens (including phenoxy) is 2. The normalized spacial score (nSPS) is 13.8. The van der Waals surface area contributed by atoms with E-state index in [4.69, 9.17) is 14.5 Å². The summed E-state index contributed by atoms with van der Waals surface area (Å²) in [5.41, 5.74) is 2.64. The molecule has 1 aliphatic heterocycles. The highest BCUT2D eigenvalue weighted by atomic mass is 19.1. The lowest BCUT2D eigenvalue weighted by Crippen LogP contribution is -2.50. The number of carbonyl (C=O) groups excluding carboxylic acids is 3. The Morgan fingerprint density at radius 3 is 2.11 bits per heavy atom. The van der Waals surface area contributed by atoms with Gasteiger partial charge in [0.15, 0.2) is 5.78 Å². The predicted octanol–water partition coefficient (Wildman–Crippen LogP) is 7.87. The highest BCUT2D eigenvalue weighted by Crippen LogP contribution is 2.28. The summed E-state index contributed by atoms with van der Waals surface area (Å²) in [6.45, 7) is 13.2. The van der Waals surface area contributed by atoms with E-state index in [2.05, 4.69) is 10.2 Å². The maximum atomic E-state index is 13.6. The third kappa shape index (κ3) is 8.84. The van der Waals surface area contributed by atoms with Crippen molar-refractivity contribution in [1.82, 2.24) is 9.88 Å². The van der Waals surface area contributed by atoms with Crippen LogP contribution in [-0.2, 0) is 15.9 Å². The van der Waals surface area contributed by atoms with Crippen LogP contribution in [0.15, 0.2) is 72.8 Å². The van der Waals surface area contributed by atoms with Gasteiger partial charge in [-0.05, 0) is 113 Å². The Morgan fingerprint density at radius 2 is 1.45 bits per heavy atom. The van der Waals surface area contributed by atoms with Crippen molar-refractivity contribution >= 4 is 40.4 Å². The number of aromatic nitrogens is 1. The molecule has 0 atom stereocenters. The minimum absolute atomic E-state index is 0.0130. The molecular formula is C37H41FN4O5. The van der Waals surface area contributed by atoms with Gasteiger partial charge in [-0.25, -0.2) is 19.0 Å². The van der Waals surface area contributed by atoms with Crippen LogP contribution in [0.2, 0.25) is 0 Å². The van der Waals surface area contributed by atoms with Crippen molar-refractivity contribution < 1.29 is 28.2 Å². The number of Topliss-reactive ketones (excluding diaryl/α,β-unsaturated/α-hetero) is 1. The third-order valence-electron chi connectivity index (χ3n) is 7.52. The van der Waals surface area contributed by atoms with Crippen LogP contribution in [0.4, 0.5) is 25.5 Å². The Kier molecular flexibility index (Phi) is 9.51. The third-order valence-corrected chi connectivity index (χ3v) is 7.52. The Balaban J connectivity index is 1.32. The highest BCUT2D eigenvalue weighted by molar-refractivity contribution is 6.02. The van der Waals surface area contributed by atoms with Crippen molar-refractivity contribution in [3.63, 3.8) is 0 Å². The molecule has 3 aromatic carbocycles. The minimum atomic E-state index is -0.693. The van der Waals surface area contributed by atoms with Gasteiger partial charge in [0.05, 0.1) is 5.52 Å². The van der Waals surface area contributed by atoms with E-state index in [1.165, 1.54) is 12.1 Å². The van der Waals surface area contributed by atoms with Crippen molar-refractivity contribution in [2.75, 3.05) is 36.4 Å². The maximum absolute atomic E-state index is 13.6. The summed E-state index contributed by atoms with van der Waals surface area (Å²) >= 11 is 0. The average molecular weight is 641 g/mol. The Bertz CT molecular complexity index is 1790. The lowest BCUT2D eigenvalue weighted by Gasteiger charge is -2.36. The lowest BCUT2D eigenvalue weighted by molar-refractivity contribution is 0.0240. The van der Waals surface area contributed by atoms with Crippen LogP contribution in [-0.4, -0.2) is 65.2 Å². The van der Waals surface area contributed by atoms with Crippen LogP contribution in [0.25, 0.3) is 22.0 Å². The van der Waals surface area contributed by atoms with Crippen LogP contribution in [0, 0.1) is 5.82 Å². The molecule has 1 N–H and O–H groups in total.